The number of rotatable bonds is 7. The van der Waals surface area contributed by atoms with Gasteiger partial charge >= 0.3 is 0 Å². The monoisotopic (exact) mass is 568 g/mol. The molecule has 0 spiro atoms. The number of non-ortho nitro benzene ring substituents is 1. The summed E-state index contributed by atoms with van der Waals surface area (Å²) in [5.41, 5.74) is 1.23. The predicted molar refractivity (Wildman–Crippen MR) is 137 cm³/mol. The molecule has 4 aromatic rings. The van der Waals surface area contributed by atoms with E-state index in [-0.39, 0.29) is 22.0 Å². The summed E-state index contributed by atoms with van der Waals surface area (Å²) >= 11 is 10.9. The molecular weight excluding hydrogens is 556 g/mol. The van der Waals surface area contributed by atoms with Crippen LogP contribution in [0.15, 0.2) is 75.3 Å². The summed E-state index contributed by atoms with van der Waals surface area (Å²) in [6.45, 7) is 0. The van der Waals surface area contributed by atoms with Crippen LogP contribution in [0.4, 0.5) is 10.8 Å². The SMILES string of the molecule is N#C/C(=C\c1ccc(-c2ccc([N+](=O)[O-])cc2Cl)o1)C(=O)Nc1ncc(Cc2ccc(Br)cc2)s1. The zero-order valence-electron chi connectivity index (χ0n) is 17.7. The van der Waals surface area contributed by atoms with Gasteiger partial charge < -0.3 is 4.42 Å². The summed E-state index contributed by atoms with van der Waals surface area (Å²) in [6.07, 6.45) is 3.65. The number of carbonyl (C=O) groups is 1. The van der Waals surface area contributed by atoms with E-state index in [2.05, 4.69) is 26.2 Å². The number of benzene rings is 2. The van der Waals surface area contributed by atoms with Crippen LogP contribution in [0, 0.1) is 21.4 Å². The number of nitro groups is 1. The first-order chi connectivity index (χ1) is 16.8. The van der Waals surface area contributed by atoms with Crippen LogP contribution in [0.2, 0.25) is 5.02 Å². The number of hydrogen-bond donors (Lipinski definition) is 1. The van der Waals surface area contributed by atoms with Crippen molar-refractivity contribution >= 4 is 61.7 Å². The molecule has 1 N–H and O–H groups in total. The molecule has 1 amide bonds. The third-order valence-electron chi connectivity index (χ3n) is 4.77. The second-order valence-corrected chi connectivity index (χ2v) is 9.62. The molecule has 11 heteroatoms. The molecule has 174 valence electrons. The van der Waals surface area contributed by atoms with Gasteiger partial charge in [0.1, 0.15) is 23.2 Å². The first-order valence-electron chi connectivity index (χ1n) is 9.99. The molecule has 4 rings (SSSR count). The Kier molecular flexibility index (Phi) is 7.41. The Labute approximate surface area is 216 Å². The van der Waals surface area contributed by atoms with Gasteiger partial charge in [0, 0.05) is 45.7 Å². The number of anilines is 1. The Morgan fingerprint density at radius 3 is 2.71 bits per heavy atom. The average Bonchev–Trinajstić information content (AvgIpc) is 3.48. The molecule has 0 radical (unpaired) electrons. The number of halogens is 2. The van der Waals surface area contributed by atoms with Crippen molar-refractivity contribution in [1.29, 1.82) is 5.26 Å². The van der Waals surface area contributed by atoms with E-state index in [9.17, 15) is 20.2 Å². The molecule has 0 aliphatic rings. The standard InChI is InChI=1S/C24H14BrClN4O4S/c25-16-3-1-14(2-4-16)9-19-13-28-24(35-19)29-23(31)15(12-27)10-18-6-8-22(34-18)20-7-5-17(30(32)33)11-21(20)26/h1-8,10-11,13H,9H2,(H,28,29,31)/b15-10+. The largest absolute Gasteiger partial charge is 0.457 e. The highest BCUT2D eigenvalue weighted by Gasteiger charge is 2.16. The molecule has 0 saturated carbocycles. The zero-order valence-corrected chi connectivity index (χ0v) is 20.9. The van der Waals surface area contributed by atoms with Crippen molar-refractivity contribution < 1.29 is 14.1 Å². The van der Waals surface area contributed by atoms with Gasteiger partial charge in [0.05, 0.1) is 9.95 Å². The molecule has 2 aromatic carbocycles. The van der Waals surface area contributed by atoms with Crippen molar-refractivity contribution in [3.63, 3.8) is 0 Å². The highest BCUT2D eigenvalue weighted by atomic mass is 79.9. The third kappa shape index (κ3) is 6.02. The number of furan rings is 1. The van der Waals surface area contributed by atoms with Crippen molar-refractivity contribution in [3.8, 4) is 17.4 Å². The van der Waals surface area contributed by atoms with Gasteiger partial charge in [-0.3, -0.25) is 20.2 Å². The number of amides is 1. The van der Waals surface area contributed by atoms with Gasteiger partial charge in [0.15, 0.2) is 5.13 Å². The quantitative estimate of drug-likeness (QED) is 0.112. The summed E-state index contributed by atoms with van der Waals surface area (Å²) in [5.74, 6) is -0.0362. The van der Waals surface area contributed by atoms with E-state index in [1.807, 2.05) is 30.3 Å². The van der Waals surface area contributed by atoms with Gasteiger partial charge in [-0.05, 0) is 35.9 Å². The predicted octanol–water partition coefficient (Wildman–Crippen LogP) is 6.86. The molecule has 0 aliphatic heterocycles. The maximum Gasteiger partial charge on any atom is 0.270 e. The number of carbonyl (C=O) groups excluding carboxylic acids is 1. The first-order valence-corrected chi connectivity index (χ1v) is 12.0. The first kappa shape index (κ1) is 24.3. The second kappa shape index (κ2) is 10.7. The lowest BCUT2D eigenvalue weighted by atomic mass is 10.1. The minimum Gasteiger partial charge on any atom is -0.457 e. The molecule has 2 aromatic heterocycles. The Hall–Kier alpha value is -3.78. The molecule has 0 saturated heterocycles. The molecule has 35 heavy (non-hydrogen) atoms. The maximum atomic E-state index is 12.6. The minimum absolute atomic E-state index is 0.143. The number of nitrogens with zero attached hydrogens (tertiary/aromatic N) is 3. The number of nitriles is 1. The van der Waals surface area contributed by atoms with Crippen LogP contribution in [0.25, 0.3) is 17.4 Å². The molecule has 0 aliphatic carbocycles. The van der Waals surface area contributed by atoms with Gasteiger partial charge in [-0.15, -0.1) is 11.3 Å². The van der Waals surface area contributed by atoms with Gasteiger partial charge in [-0.2, -0.15) is 5.26 Å². The number of nitrogens with one attached hydrogen (secondary N) is 1. The summed E-state index contributed by atoms with van der Waals surface area (Å²) in [4.78, 5) is 28.1. The summed E-state index contributed by atoms with van der Waals surface area (Å²) < 4.78 is 6.68. The molecule has 0 bridgehead atoms. The Bertz CT molecular complexity index is 1490. The van der Waals surface area contributed by atoms with E-state index in [1.54, 1.807) is 18.3 Å². The van der Waals surface area contributed by atoms with Crippen molar-refractivity contribution in [3.05, 3.63) is 102 Å². The van der Waals surface area contributed by atoms with Crippen molar-refractivity contribution in [2.24, 2.45) is 0 Å². The lowest BCUT2D eigenvalue weighted by Gasteiger charge is -2.01. The molecule has 0 fully saturated rings. The number of hydrogen-bond acceptors (Lipinski definition) is 7. The average molecular weight is 570 g/mol. The fourth-order valence-corrected chi connectivity index (χ4v) is 4.47. The maximum absolute atomic E-state index is 12.6. The van der Waals surface area contributed by atoms with Crippen LogP contribution < -0.4 is 5.32 Å². The van der Waals surface area contributed by atoms with Crippen LogP contribution in [0.5, 0.6) is 0 Å². The molecule has 0 atom stereocenters. The van der Waals surface area contributed by atoms with Gasteiger partial charge in [-0.1, -0.05) is 39.7 Å². The Balaban J connectivity index is 1.46. The number of aromatic nitrogens is 1. The molecule has 8 nitrogen and oxygen atoms in total. The fourth-order valence-electron chi connectivity index (χ4n) is 3.10. The zero-order chi connectivity index (χ0) is 24.9. The lowest BCUT2D eigenvalue weighted by molar-refractivity contribution is -0.384. The van der Waals surface area contributed by atoms with Crippen LogP contribution in [-0.4, -0.2) is 15.8 Å². The van der Waals surface area contributed by atoms with Crippen LogP contribution in [0.3, 0.4) is 0 Å². The summed E-state index contributed by atoms with van der Waals surface area (Å²) in [7, 11) is 0. The van der Waals surface area contributed by atoms with Crippen LogP contribution in [0.1, 0.15) is 16.2 Å². The van der Waals surface area contributed by atoms with E-state index in [1.165, 1.54) is 35.6 Å². The van der Waals surface area contributed by atoms with E-state index in [0.717, 1.165) is 14.9 Å². The van der Waals surface area contributed by atoms with Gasteiger partial charge in [0.2, 0.25) is 0 Å². The van der Waals surface area contributed by atoms with Crippen molar-refractivity contribution in [2.75, 3.05) is 5.32 Å². The second-order valence-electron chi connectivity index (χ2n) is 7.18. The van der Waals surface area contributed by atoms with Crippen LogP contribution in [-0.2, 0) is 11.2 Å². The topological polar surface area (TPSA) is 122 Å². The van der Waals surface area contributed by atoms with Crippen LogP contribution >= 0.6 is 38.9 Å². The van der Waals surface area contributed by atoms with E-state index >= 15 is 0 Å². The Morgan fingerprint density at radius 2 is 2.03 bits per heavy atom. The number of nitro benzene ring substituents is 1. The smallest absolute Gasteiger partial charge is 0.270 e. The highest BCUT2D eigenvalue weighted by molar-refractivity contribution is 9.10. The highest BCUT2D eigenvalue weighted by Crippen LogP contribution is 2.32. The molecule has 2 heterocycles. The minimum atomic E-state index is -0.622. The van der Waals surface area contributed by atoms with Crippen molar-refractivity contribution in [1.82, 2.24) is 4.98 Å². The Morgan fingerprint density at radius 1 is 1.26 bits per heavy atom. The van der Waals surface area contributed by atoms with Crippen molar-refractivity contribution in [2.45, 2.75) is 6.42 Å². The number of thiazole rings is 1. The van der Waals surface area contributed by atoms with E-state index in [4.69, 9.17) is 16.0 Å². The van der Waals surface area contributed by atoms with Gasteiger partial charge in [-0.25, -0.2) is 4.98 Å². The van der Waals surface area contributed by atoms with Gasteiger partial charge in [0.25, 0.3) is 11.6 Å². The van der Waals surface area contributed by atoms with E-state index in [0.29, 0.717) is 22.9 Å². The molecule has 0 unspecified atom stereocenters. The van der Waals surface area contributed by atoms with E-state index < -0.39 is 10.8 Å². The normalized spacial score (nSPS) is 11.2. The fraction of sp³-hybridized carbons (Fsp3) is 0.0417. The summed E-state index contributed by atoms with van der Waals surface area (Å²) in [5, 5.41) is 23.5. The molecular formula is C24H14BrClN4O4S. The summed E-state index contributed by atoms with van der Waals surface area (Å²) in [6, 6.07) is 17.0. The third-order valence-corrected chi connectivity index (χ3v) is 6.53. The lowest BCUT2D eigenvalue weighted by Crippen LogP contribution is -2.13.